The fourth-order valence-electron chi connectivity index (χ4n) is 2.02. The standard InChI is InChI=1S/C11H19/c1-2-10-8-11(10)5-3-4-9-6-7-9/h9-10H,2-8H2,1H3. The fraction of sp³-hybridized carbons (Fsp3) is 0.909. The predicted octanol–water partition coefficient (Wildman–Crippen LogP) is 3.57. The Morgan fingerprint density at radius 3 is 2.73 bits per heavy atom. The largest absolute Gasteiger partial charge is 0.0651 e. The molecule has 2 rings (SSSR count). The molecule has 0 aromatic rings. The van der Waals surface area contributed by atoms with E-state index in [0.717, 1.165) is 11.8 Å². The van der Waals surface area contributed by atoms with E-state index in [1.54, 1.807) is 0 Å². The van der Waals surface area contributed by atoms with E-state index < -0.39 is 0 Å². The van der Waals surface area contributed by atoms with Crippen LogP contribution in [0.4, 0.5) is 0 Å². The van der Waals surface area contributed by atoms with Crippen LogP contribution < -0.4 is 0 Å². The molecule has 1 radical (unpaired) electrons. The molecule has 0 aliphatic heterocycles. The third-order valence-electron chi connectivity index (χ3n) is 3.23. The van der Waals surface area contributed by atoms with Crippen LogP contribution in [0.5, 0.6) is 0 Å². The van der Waals surface area contributed by atoms with E-state index in [-0.39, 0.29) is 0 Å². The van der Waals surface area contributed by atoms with Crippen LogP contribution in [0.3, 0.4) is 0 Å². The van der Waals surface area contributed by atoms with Crippen molar-refractivity contribution in [3.63, 3.8) is 0 Å². The minimum atomic E-state index is 1.05. The lowest BCUT2D eigenvalue weighted by molar-refractivity contribution is 0.643. The summed E-state index contributed by atoms with van der Waals surface area (Å²) in [5, 5.41) is 0. The summed E-state index contributed by atoms with van der Waals surface area (Å²) in [4.78, 5) is 0. The molecular weight excluding hydrogens is 132 g/mol. The molecule has 0 amide bonds. The average Bonchev–Trinajstić information content (AvgIpc) is 2.79. The highest BCUT2D eigenvalue weighted by Crippen LogP contribution is 2.47. The van der Waals surface area contributed by atoms with Crippen LogP contribution in [0.1, 0.15) is 51.9 Å². The monoisotopic (exact) mass is 151 g/mol. The van der Waals surface area contributed by atoms with Crippen molar-refractivity contribution in [2.24, 2.45) is 11.8 Å². The van der Waals surface area contributed by atoms with Crippen molar-refractivity contribution in [1.29, 1.82) is 0 Å². The van der Waals surface area contributed by atoms with E-state index in [4.69, 9.17) is 0 Å². The summed E-state index contributed by atoms with van der Waals surface area (Å²) in [6.45, 7) is 2.32. The van der Waals surface area contributed by atoms with Crippen LogP contribution in [-0.2, 0) is 0 Å². The van der Waals surface area contributed by atoms with Crippen LogP contribution in [0.15, 0.2) is 0 Å². The van der Waals surface area contributed by atoms with Gasteiger partial charge < -0.3 is 0 Å². The van der Waals surface area contributed by atoms with Gasteiger partial charge in [0.25, 0.3) is 0 Å². The summed E-state index contributed by atoms with van der Waals surface area (Å²) in [7, 11) is 0. The van der Waals surface area contributed by atoms with E-state index in [2.05, 4.69) is 6.92 Å². The van der Waals surface area contributed by atoms with Crippen LogP contribution in [0.2, 0.25) is 0 Å². The van der Waals surface area contributed by atoms with Crippen molar-refractivity contribution in [3.8, 4) is 0 Å². The maximum absolute atomic E-state index is 2.32. The van der Waals surface area contributed by atoms with Gasteiger partial charge in [-0.05, 0) is 30.6 Å². The molecule has 1 atom stereocenters. The Morgan fingerprint density at radius 2 is 2.18 bits per heavy atom. The second kappa shape index (κ2) is 3.16. The summed E-state index contributed by atoms with van der Waals surface area (Å²) in [6, 6.07) is 0. The van der Waals surface area contributed by atoms with Crippen LogP contribution in [0, 0.1) is 17.8 Å². The van der Waals surface area contributed by atoms with Gasteiger partial charge in [0.2, 0.25) is 0 Å². The maximum Gasteiger partial charge on any atom is -0.0207 e. The van der Waals surface area contributed by atoms with Crippen LogP contribution >= 0.6 is 0 Å². The second-order valence-corrected chi connectivity index (χ2v) is 4.30. The summed E-state index contributed by atoms with van der Waals surface area (Å²) >= 11 is 0. The summed E-state index contributed by atoms with van der Waals surface area (Å²) in [5.41, 5.74) is 0. The SMILES string of the molecule is CCC1C[C]1CCCC1CC1. The van der Waals surface area contributed by atoms with Crippen molar-refractivity contribution < 1.29 is 0 Å². The van der Waals surface area contributed by atoms with Gasteiger partial charge in [0.15, 0.2) is 0 Å². The molecule has 0 nitrogen and oxygen atoms in total. The van der Waals surface area contributed by atoms with Gasteiger partial charge in [0, 0.05) is 0 Å². The van der Waals surface area contributed by atoms with Gasteiger partial charge in [-0.3, -0.25) is 0 Å². The number of rotatable bonds is 5. The second-order valence-electron chi connectivity index (χ2n) is 4.30. The average molecular weight is 151 g/mol. The molecule has 0 bridgehead atoms. The van der Waals surface area contributed by atoms with Gasteiger partial charge in [-0.15, -0.1) is 0 Å². The summed E-state index contributed by atoms with van der Waals surface area (Å²) in [6.07, 6.45) is 10.4. The molecular formula is C11H19. The zero-order valence-electron chi connectivity index (χ0n) is 7.60. The topological polar surface area (TPSA) is 0 Å². The first-order valence-electron chi connectivity index (χ1n) is 5.24. The molecule has 0 N–H and O–H groups in total. The van der Waals surface area contributed by atoms with Gasteiger partial charge in [-0.1, -0.05) is 39.0 Å². The Hall–Kier alpha value is 0. The molecule has 2 saturated carbocycles. The van der Waals surface area contributed by atoms with Gasteiger partial charge in [-0.25, -0.2) is 0 Å². The van der Waals surface area contributed by atoms with Crippen molar-refractivity contribution in [1.82, 2.24) is 0 Å². The zero-order valence-corrected chi connectivity index (χ0v) is 7.60. The van der Waals surface area contributed by atoms with E-state index in [1.807, 2.05) is 5.92 Å². The molecule has 11 heavy (non-hydrogen) atoms. The highest BCUT2D eigenvalue weighted by molar-refractivity contribution is 5.12. The molecule has 2 fully saturated rings. The molecule has 63 valence electrons. The van der Waals surface area contributed by atoms with Gasteiger partial charge in [-0.2, -0.15) is 0 Å². The van der Waals surface area contributed by atoms with E-state index in [0.29, 0.717) is 0 Å². The predicted molar refractivity (Wildman–Crippen MR) is 48.2 cm³/mol. The molecule has 0 spiro atoms. The van der Waals surface area contributed by atoms with Gasteiger partial charge >= 0.3 is 0 Å². The van der Waals surface area contributed by atoms with Crippen molar-refractivity contribution >= 4 is 0 Å². The smallest absolute Gasteiger partial charge is 0.0207 e. The van der Waals surface area contributed by atoms with E-state index in [1.165, 1.54) is 44.9 Å². The Kier molecular flexibility index (Phi) is 2.20. The molecule has 1 unspecified atom stereocenters. The molecule has 0 saturated heterocycles. The van der Waals surface area contributed by atoms with E-state index >= 15 is 0 Å². The first-order chi connectivity index (χ1) is 5.40. The minimum absolute atomic E-state index is 1.05. The lowest BCUT2D eigenvalue weighted by Gasteiger charge is -1.96. The Balaban J connectivity index is 1.47. The third kappa shape index (κ3) is 2.21. The lowest BCUT2D eigenvalue weighted by Crippen LogP contribution is -1.82. The Labute approximate surface area is 70.4 Å². The minimum Gasteiger partial charge on any atom is -0.0651 e. The lowest BCUT2D eigenvalue weighted by atomic mass is 10.1. The summed E-state index contributed by atoms with van der Waals surface area (Å²) in [5.74, 6) is 4.08. The molecule has 2 aliphatic rings. The van der Waals surface area contributed by atoms with E-state index in [9.17, 15) is 0 Å². The highest BCUT2D eigenvalue weighted by atomic mass is 14.4. The number of hydrogen-bond donors (Lipinski definition) is 0. The summed E-state index contributed by atoms with van der Waals surface area (Å²) < 4.78 is 0. The Morgan fingerprint density at radius 1 is 1.36 bits per heavy atom. The zero-order chi connectivity index (χ0) is 7.68. The Bertz CT molecular complexity index is 124. The first kappa shape index (κ1) is 7.64. The molecule has 0 heterocycles. The third-order valence-corrected chi connectivity index (χ3v) is 3.23. The van der Waals surface area contributed by atoms with Crippen LogP contribution in [-0.4, -0.2) is 0 Å². The molecule has 2 aliphatic carbocycles. The first-order valence-corrected chi connectivity index (χ1v) is 5.24. The van der Waals surface area contributed by atoms with Gasteiger partial charge in [0.05, 0.1) is 0 Å². The molecule has 0 heteroatoms. The van der Waals surface area contributed by atoms with Crippen LogP contribution in [0.25, 0.3) is 0 Å². The van der Waals surface area contributed by atoms with Crippen molar-refractivity contribution in [2.45, 2.75) is 51.9 Å². The molecule has 0 aromatic heterocycles. The van der Waals surface area contributed by atoms with Crippen molar-refractivity contribution in [3.05, 3.63) is 5.92 Å². The normalized spacial score (nSPS) is 30.8. The number of hydrogen-bond acceptors (Lipinski definition) is 0. The van der Waals surface area contributed by atoms with Gasteiger partial charge in [0.1, 0.15) is 0 Å². The van der Waals surface area contributed by atoms with Crippen molar-refractivity contribution in [2.75, 3.05) is 0 Å². The fourth-order valence-corrected chi connectivity index (χ4v) is 2.02. The highest BCUT2D eigenvalue weighted by Gasteiger charge is 2.35. The quantitative estimate of drug-likeness (QED) is 0.563. The maximum atomic E-state index is 2.32. The molecule has 0 aromatic carbocycles.